The fraction of sp³-hybridized carbons (Fsp3) is 0.667. The van der Waals surface area contributed by atoms with Crippen molar-refractivity contribution in [1.29, 1.82) is 0 Å². The van der Waals surface area contributed by atoms with E-state index in [9.17, 15) is 26.4 Å². The predicted octanol–water partition coefficient (Wildman–Crippen LogP) is -0.700. The van der Waals surface area contributed by atoms with Gasteiger partial charge in [-0.3, -0.25) is 4.79 Å². The second kappa shape index (κ2) is 9.28. The summed E-state index contributed by atoms with van der Waals surface area (Å²) in [5.74, 6) is -2.90. The minimum absolute atomic E-state index is 0.00779. The first kappa shape index (κ1) is 24.0. The summed E-state index contributed by atoms with van der Waals surface area (Å²) in [6, 6.07) is -0.287. The van der Waals surface area contributed by atoms with Crippen molar-refractivity contribution in [3.05, 3.63) is 12.5 Å². The van der Waals surface area contributed by atoms with Crippen LogP contribution in [0.3, 0.4) is 0 Å². The van der Waals surface area contributed by atoms with Gasteiger partial charge in [0.15, 0.2) is 5.03 Å². The summed E-state index contributed by atoms with van der Waals surface area (Å²) in [4.78, 5) is 26.5. The second-order valence-electron chi connectivity index (χ2n) is 6.50. The third-order valence-corrected chi connectivity index (χ3v) is 6.13. The van der Waals surface area contributed by atoms with Crippen LogP contribution in [-0.4, -0.2) is 102 Å². The lowest BCUT2D eigenvalue weighted by Gasteiger charge is -2.36. The van der Waals surface area contributed by atoms with Crippen LogP contribution in [0, 0.1) is 0 Å². The maximum atomic E-state index is 12.7. The number of carbonyl (C=O) groups is 2. The van der Waals surface area contributed by atoms with Crippen LogP contribution >= 0.6 is 0 Å². The standard InChI is InChI=1S/C13H20N4O5S.C2HF3O2/c1-15-7-12(14-9-15)23(19,20)16-5-10-11(6-16)22-8-13(18)17(10)3-4-21-2;3-2(4,5)1(6)7/h7,9-11H,3-6,8H2,1-2H3;(H,6,7)/t10-,11-;/m1./s1. The number of carboxylic acids is 1. The number of carbonyl (C=O) groups excluding carboxylic acids is 1. The van der Waals surface area contributed by atoms with E-state index in [1.54, 1.807) is 23.6 Å². The zero-order chi connectivity index (χ0) is 22.7. The average molecular weight is 458 g/mol. The Balaban J connectivity index is 0.000000396. The number of amides is 1. The topological polar surface area (TPSA) is 131 Å². The molecule has 3 heterocycles. The van der Waals surface area contributed by atoms with E-state index in [-0.39, 0.29) is 42.8 Å². The molecular weight excluding hydrogens is 437 g/mol. The van der Waals surface area contributed by atoms with E-state index < -0.39 is 22.2 Å². The van der Waals surface area contributed by atoms with Gasteiger partial charge in [-0.1, -0.05) is 0 Å². The van der Waals surface area contributed by atoms with Crippen molar-refractivity contribution in [1.82, 2.24) is 18.8 Å². The molecule has 2 aliphatic heterocycles. The summed E-state index contributed by atoms with van der Waals surface area (Å²) < 4.78 is 70.5. The summed E-state index contributed by atoms with van der Waals surface area (Å²) in [5.41, 5.74) is 0. The van der Waals surface area contributed by atoms with E-state index in [0.29, 0.717) is 13.2 Å². The molecule has 15 heteroatoms. The van der Waals surface area contributed by atoms with Crippen molar-refractivity contribution in [2.24, 2.45) is 7.05 Å². The molecule has 0 aromatic carbocycles. The molecule has 2 atom stereocenters. The van der Waals surface area contributed by atoms with Gasteiger partial charge < -0.3 is 24.0 Å². The van der Waals surface area contributed by atoms with E-state index in [4.69, 9.17) is 19.4 Å². The number of fused-ring (bicyclic) bond motifs is 1. The SMILES string of the molecule is COCCN1C(=O)CO[C@@H]2CN(S(=O)(=O)c3cn(C)cn3)C[C@H]21.O=C(O)C(F)(F)F. The number of methoxy groups -OCH3 is 1. The summed E-state index contributed by atoms with van der Waals surface area (Å²) in [6.45, 7) is 1.24. The number of morpholine rings is 1. The Kier molecular flexibility index (Phi) is 7.44. The number of hydrogen-bond donors (Lipinski definition) is 1. The molecule has 2 saturated heterocycles. The van der Waals surface area contributed by atoms with Crippen molar-refractivity contribution >= 4 is 21.9 Å². The van der Waals surface area contributed by atoms with E-state index >= 15 is 0 Å². The van der Waals surface area contributed by atoms with Gasteiger partial charge in [-0.15, -0.1) is 0 Å². The molecule has 2 aliphatic rings. The summed E-state index contributed by atoms with van der Waals surface area (Å²) in [6.07, 6.45) is -2.49. The molecule has 30 heavy (non-hydrogen) atoms. The number of ether oxygens (including phenoxy) is 2. The normalized spacial score (nSPS) is 22.4. The van der Waals surface area contributed by atoms with Gasteiger partial charge in [0.05, 0.1) is 25.1 Å². The fourth-order valence-electron chi connectivity index (χ4n) is 2.96. The fourth-order valence-corrected chi connectivity index (χ4v) is 4.40. The highest BCUT2D eigenvalue weighted by Gasteiger charge is 2.47. The van der Waals surface area contributed by atoms with Crippen LogP contribution in [0.1, 0.15) is 0 Å². The van der Waals surface area contributed by atoms with E-state index in [2.05, 4.69) is 4.98 Å². The lowest BCUT2D eigenvalue weighted by atomic mass is 10.1. The van der Waals surface area contributed by atoms with E-state index in [0.717, 1.165) is 0 Å². The van der Waals surface area contributed by atoms with Gasteiger partial charge in [0.2, 0.25) is 5.91 Å². The van der Waals surface area contributed by atoms with Crippen LogP contribution in [0.15, 0.2) is 17.6 Å². The summed E-state index contributed by atoms with van der Waals surface area (Å²) >= 11 is 0. The molecule has 0 aliphatic carbocycles. The van der Waals surface area contributed by atoms with Crippen LogP contribution in [0.4, 0.5) is 13.2 Å². The molecule has 0 radical (unpaired) electrons. The smallest absolute Gasteiger partial charge is 0.475 e. The molecule has 3 rings (SSSR count). The third kappa shape index (κ3) is 5.47. The zero-order valence-corrected chi connectivity index (χ0v) is 16.9. The van der Waals surface area contributed by atoms with Crippen LogP contribution in [0.25, 0.3) is 0 Å². The zero-order valence-electron chi connectivity index (χ0n) is 16.1. The number of aromatic nitrogens is 2. The van der Waals surface area contributed by atoms with E-state index in [1.165, 1.54) is 16.8 Å². The Morgan fingerprint density at radius 1 is 1.40 bits per heavy atom. The van der Waals surface area contributed by atoms with Crippen molar-refractivity contribution in [3.8, 4) is 0 Å². The van der Waals surface area contributed by atoms with Crippen molar-refractivity contribution in [2.75, 3.05) is 40.0 Å². The molecule has 2 fully saturated rings. The number of aliphatic carboxylic acids is 1. The van der Waals surface area contributed by atoms with Gasteiger partial charge in [0.25, 0.3) is 10.0 Å². The number of sulfonamides is 1. The Bertz CT molecular complexity index is 874. The van der Waals surface area contributed by atoms with Crippen LogP contribution < -0.4 is 0 Å². The molecule has 1 aromatic rings. The Morgan fingerprint density at radius 2 is 2.03 bits per heavy atom. The average Bonchev–Trinajstić information content (AvgIpc) is 3.28. The molecule has 11 nitrogen and oxygen atoms in total. The summed E-state index contributed by atoms with van der Waals surface area (Å²) in [7, 11) is -0.409. The lowest BCUT2D eigenvalue weighted by Crippen LogP contribution is -2.54. The highest BCUT2D eigenvalue weighted by atomic mass is 32.2. The van der Waals surface area contributed by atoms with Crippen LogP contribution in [0.2, 0.25) is 0 Å². The minimum atomic E-state index is -5.08. The van der Waals surface area contributed by atoms with Gasteiger partial charge in [-0.05, 0) is 0 Å². The molecule has 1 amide bonds. The van der Waals surface area contributed by atoms with Crippen molar-refractivity contribution < 1.29 is 45.8 Å². The summed E-state index contributed by atoms with van der Waals surface area (Å²) in [5, 5.41) is 7.13. The molecule has 0 unspecified atom stereocenters. The third-order valence-electron chi connectivity index (χ3n) is 4.41. The lowest BCUT2D eigenvalue weighted by molar-refractivity contribution is -0.192. The number of halogens is 3. The number of rotatable bonds is 5. The first-order chi connectivity index (χ1) is 13.9. The molecule has 0 spiro atoms. The van der Waals surface area contributed by atoms with Gasteiger partial charge in [-0.25, -0.2) is 18.2 Å². The number of hydrogen-bond acceptors (Lipinski definition) is 7. The quantitative estimate of drug-likeness (QED) is 0.613. The van der Waals surface area contributed by atoms with Gasteiger partial charge in [-0.2, -0.15) is 17.5 Å². The molecule has 1 N–H and O–H groups in total. The molecule has 1 aromatic heterocycles. The van der Waals surface area contributed by atoms with Gasteiger partial charge >= 0.3 is 12.1 Å². The highest BCUT2D eigenvalue weighted by Crippen LogP contribution is 2.27. The van der Waals surface area contributed by atoms with Crippen LogP contribution in [0.5, 0.6) is 0 Å². The number of alkyl halides is 3. The van der Waals surface area contributed by atoms with Gasteiger partial charge in [0, 0.05) is 40.0 Å². The molecule has 170 valence electrons. The van der Waals surface area contributed by atoms with Crippen molar-refractivity contribution in [3.63, 3.8) is 0 Å². The van der Waals surface area contributed by atoms with E-state index in [1.807, 2.05) is 0 Å². The Hall–Kier alpha value is -2.23. The number of nitrogens with zero attached hydrogens (tertiary/aromatic N) is 4. The number of aryl methyl sites for hydroxylation is 1. The minimum Gasteiger partial charge on any atom is -0.475 e. The maximum Gasteiger partial charge on any atom is 0.490 e. The first-order valence-electron chi connectivity index (χ1n) is 8.56. The van der Waals surface area contributed by atoms with Crippen molar-refractivity contribution in [2.45, 2.75) is 23.3 Å². The Morgan fingerprint density at radius 3 is 2.53 bits per heavy atom. The Labute approximate surface area is 170 Å². The van der Waals surface area contributed by atoms with Crippen LogP contribution in [-0.2, 0) is 36.1 Å². The molecule has 0 bridgehead atoms. The predicted molar refractivity (Wildman–Crippen MR) is 92.8 cm³/mol. The maximum absolute atomic E-state index is 12.7. The first-order valence-corrected chi connectivity index (χ1v) is 10.00. The molecular formula is C15H21F3N4O7S. The molecule has 0 saturated carbocycles. The second-order valence-corrected chi connectivity index (χ2v) is 8.38. The highest BCUT2D eigenvalue weighted by molar-refractivity contribution is 7.89. The van der Waals surface area contributed by atoms with Gasteiger partial charge in [0.1, 0.15) is 6.61 Å². The monoisotopic (exact) mass is 458 g/mol. The number of carboxylic acid groups (broad SMARTS) is 1. The number of imidazole rings is 1. The largest absolute Gasteiger partial charge is 0.490 e.